The minimum atomic E-state index is -1.95. The molecule has 6 rings (SSSR count). The number of aliphatic hydroxyl groups is 4. The Labute approximate surface area is 255 Å². The summed E-state index contributed by atoms with van der Waals surface area (Å²) in [5.74, 6) is -2.02. The van der Waals surface area contributed by atoms with Gasteiger partial charge in [0.15, 0.2) is 24.1 Å². The molecule has 3 aliphatic rings. The van der Waals surface area contributed by atoms with Crippen LogP contribution in [-0.2, 0) is 0 Å². The van der Waals surface area contributed by atoms with Crippen molar-refractivity contribution >= 4 is 33.6 Å². The molecule has 1 aliphatic carbocycles. The first-order valence-electron chi connectivity index (χ1n) is 15.4. The van der Waals surface area contributed by atoms with Gasteiger partial charge in [-0.05, 0) is 69.4 Å². The molecule has 2 aliphatic heterocycles. The Kier molecular flexibility index (Phi) is 7.60. The first-order chi connectivity index (χ1) is 20.8. The van der Waals surface area contributed by atoms with Crippen molar-refractivity contribution in [2.45, 2.75) is 103 Å². The average Bonchev–Trinajstić information content (AvgIpc) is 3.68. The zero-order valence-corrected chi connectivity index (χ0v) is 25.9. The van der Waals surface area contributed by atoms with Gasteiger partial charge in [-0.15, -0.1) is 0 Å². The van der Waals surface area contributed by atoms with Gasteiger partial charge in [-0.2, -0.15) is 0 Å². The predicted molar refractivity (Wildman–Crippen MR) is 166 cm³/mol. The Bertz CT molecular complexity index is 1850. The highest BCUT2D eigenvalue weighted by molar-refractivity contribution is 6.16. The number of ketones is 2. The number of H-pyrrole nitrogens is 2. The summed E-state index contributed by atoms with van der Waals surface area (Å²) < 4.78 is 0. The van der Waals surface area contributed by atoms with Crippen molar-refractivity contribution < 1.29 is 30.0 Å². The summed E-state index contributed by atoms with van der Waals surface area (Å²) >= 11 is 0. The van der Waals surface area contributed by atoms with Crippen molar-refractivity contribution in [3.63, 3.8) is 0 Å². The van der Waals surface area contributed by atoms with Gasteiger partial charge in [0.2, 0.25) is 0 Å². The number of fused-ring (bicyclic) bond motifs is 8. The monoisotopic (exact) mass is 600 g/mol. The lowest BCUT2D eigenvalue weighted by Gasteiger charge is -2.20. The summed E-state index contributed by atoms with van der Waals surface area (Å²) in [5.41, 5.74) is 8.47. The third-order valence-electron chi connectivity index (χ3n) is 10.1. The van der Waals surface area contributed by atoms with Crippen LogP contribution in [0.4, 0.5) is 0 Å². The molecule has 5 unspecified atom stereocenters. The van der Waals surface area contributed by atoms with Gasteiger partial charge >= 0.3 is 0 Å². The number of rotatable bonds is 6. The van der Waals surface area contributed by atoms with Crippen LogP contribution >= 0.6 is 0 Å². The maximum Gasteiger partial charge on any atom is 0.178 e. The second-order valence-corrected chi connectivity index (χ2v) is 12.7. The topological polar surface area (TPSA) is 172 Å². The smallest absolute Gasteiger partial charge is 0.178 e. The molecule has 3 aromatic rings. The molecule has 232 valence electrons. The maximum atomic E-state index is 13.8. The zero-order valence-electron chi connectivity index (χ0n) is 25.9. The summed E-state index contributed by atoms with van der Waals surface area (Å²) in [7, 11) is 0. The van der Waals surface area contributed by atoms with Gasteiger partial charge in [-0.1, -0.05) is 20.8 Å². The molecule has 0 radical (unpaired) electrons. The third kappa shape index (κ3) is 4.63. The van der Waals surface area contributed by atoms with Gasteiger partial charge in [-0.25, -0.2) is 0 Å². The number of hydrogen-bond acceptors (Lipinski definition) is 8. The molecule has 6 N–H and O–H groups in total. The predicted octanol–water partition coefficient (Wildman–Crippen LogP) is 5.00. The quantitative estimate of drug-likeness (QED) is 0.169. The van der Waals surface area contributed by atoms with E-state index in [0.29, 0.717) is 51.1 Å². The lowest BCUT2D eigenvalue weighted by atomic mass is 9.83. The van der Waals surface area contributed by atoms with Crippen molar-refractivity contribution in [2.24, 2.45) is 0 Å². The van der Waals surface area contributed by atoms with Crippen molar-refractivity contribution in [3.8, 4) is 0 Å². The van der Waals surface area contributed by atoms with Crippen molar-refractivity contribution in [1.82, 2.24) is 19.9 Å². The Hall–Kier alpha value is -3.70. The van der Waals surface area contributed by atoms with Crippen LogP contribution in [0.25, 0.3) is 22.1 Å². The number of aromatic nitrogens is 4. The molecule has 10 heteroatoms. The molecule has 3 aromatic heterocycles. The molecule has 0 aromatic carbocycles. The van der Waals surface area contributed by atoms with Gasteiger partial charge in [0.25, 0.3) is 0 Å². The lowest BCUT2D eigenvalue weighted by molar-refractivity contribution is -0.0526. The van der Waals surface area contributed by atoms with Crippen LogP contribution < -0.4 is 0 Å². The molecule has 10 nitrogen and oxygen atoms in total. The third-order valence-corrected chi connectivity index (χ3v) is 10.1. The number of aliphatic hydroxyl groups excluding tert-OH is 2. The molecule has 5 atom stereocenters. The first kappa shape index (κ1) is 30.3. The molecule has 8 bridgehead atoms. The van der Waals surface area contributed by atoms with Crippen LogP contribution in [0, 0.1) is 13.8 Å². The van der Waals surface area contributed by atoms with Crippen LogP contribution in [0.3, 0.4) is 0 Å². The fourth-order valence-corrected chi connectivity index (χ4v) is 7.64. The van der Waals surface area contributed by atoms with E-state index in [4.69, 9.17) is 9.97 Å². The van der Waals surface area contributed by atoms with Crippen molar-refractivity contribution in [1.29, 1.82) is 0 Å². The molecular weight excluding hydrogens is 560 g/mol. The van der Waals surface area contributed by atoms with Gasteiger partial charge in [0.1, 0.15) is 5.92 Å². The van der Waals surface area contributed by atoms with E-state index in [9.17, 15) is 30.0 Å². The average molecular weight is 601 g/mol. The Morgan fingerprint density at radius 2 is 1.50 bits per heavy atom. The minimum Gasteiger partial charge on any atom is -0.368 e. The standard InChI is InChI=1S/C34H40N4O6/c1-7-18-13(2)20-12-25-27(17(6)39)15(4)22(36-25)10-21-14(3)19(8-9-26(40)41)31(37-21)29-30(34(43)44)33(42)28-16(5)23(38-32(28)29)11-24(18)35-20/h10-14,18-19,26,30,34,36,38,40-41,43-44H,7-9H2,1-6H3. The van der Waals surface area contributed by atoms with Crippen LogP contribution in [0.15, 0.2) is 18.2 Å². The van der Waals surface area contributed by atoms with Gasteiger partial charge in [0, 0.05) is 68.5 Å². The number of carbonyl (C=O) groups is 2. The van der Waals surface area contributed by atoms with E-state index in [1.807, 2.05) is 39.0 Å². The number of carbonyl (C=O) groups excluding carboxylic acids is 2. The summed E-state index contributed by atoms with van der Waals surface area (Å²) in [4.78, 5) is 43.7. The van der Waals surface area contributed by atoms with E-state index >= 15 is 0 Å². The van der Waals surface area contributed by atoms with E-state index in [2.05, 4.69) is 23.8 Å². The lowest BCUT2D eigenvalue weighted by Crippen LogP contribution is -2.24. The van der Waals surface area contributed by atoms with Crippen LogP contribution in [0.1, 0.15) is 137 Å². The van der Waals surface area contributed by atoms with E-state index < -0.39 is 24.3 Å². The summed E-state index contributed by atoms with van der Waals surface area (Å²) in [6.07, 6.45) is -2.21. The van der Waals surface area contributed by atoms with Crippen LogP contribution in [0.2, 0.25) is 0 Å². The SMILES string of the molecule is CCC1c2cc3[nH]c4c(c3C)C(=O)C(C(O)O)c4c3nc(cc4[nH]c(cc(n2)C1C)c(C(C)=O)c4C)C(C)C3CCC(O)O. The molecule has 0 fully saturated rings. The maximum absolute atomic E-state index is 13.8. The van der Waals surface area contributed by atoms with Crippen molar-refractivity contribution in [2.75, 3.05) is 0 Å². The highest BCUT2D eigenvalue weighted by Crippen LogP contribution is 2.48. The Morgan fingerprint density at radius 1 is 0.886 bits per heavy atom. The fraction of sp³-hybridized carbons (Fsp3) is 0.471. The molecule has 0 saturated heterocycles. The summed E-state index contributed by atoms with van der Waals surface area (Å²) in [6.45, 7) is 11.5. The van der Waals surface area contributed by atoms with Gasteiger partial charge in [-0.3, -0.25) is 19.6 Å². The number of aromatic amines is 2. The minimum absolute atomic E-state index is 0.0679. The number of Topliss-reactive ketones (excluding diaryl/α,β-unsaturated/α-hetero) is 2. The Balaban J connectivity index is 1.80. The van der Waals surface area contributed by atoms with E-state index in [-0.39, 0.29) is 35.9 Å². The second-order valence-electron chi connectivity index (χ2n) is 12.7. The number of nitrogens with one attached hydrogen (secondary N) is 2. The van der Waals surface area contributed by atoms with E-state index in [1.54, 1.807) is 6.92 Å². The van der Waals surface area contributed by atoms with E-state index in [0.717, 1.165) is 34.4 Å². The van der Waals surface area contributed by atoms with Gasteiger partial charge < -0.3 is 30.4 Å². The van der Waals surface area contributed by atoms with Crippen LogP contribution in [-0.4, -0.2) is 64.5 Å². The largest absolute Gasteiger partial charge is 0.368 e. The first-order valence-corrected chi connectivity index (χ1v) is 15.4. The zero-order chi connectivity index (χ0) is 31.8. The summed E-state index contributed by atoms with van der Waals surface area (Å²) in [5, 5.41) is 40.5. The van der Waals surface area contributed by atoms with E-state index in [1.165, 1.54) is 0 Å². The normalized spacial score (nSPS) is 22.9. The molecular formula is C34H40N4O6. The number of aryl methyl sites for hydroxylation is 2. The van der Waals surface area contributed by atoms with Gasteiger partial charge in [0.05, 0.1) is 16.7 Å². The Morgan fingerprint density at radius 3 is 2.14 bits per heavy atom. The number of hydrogen-bond donors (Lipinski definition) is 6. The summed E-state index contributed by atoms with van der Waals surface area (Å²) in [6, 6.07) is 5.84. The number of nitrogens with zero attached hydrogens (tertiary/aromatic N) is 2. The molecule has 0 saturated carbocycles. The second kappa shape index (κ2) is 11.0. The molecule has 44 heavy (non-hydrogen) atoms. The van der Waals surface area contributed by atoms with Crippen LogP contribution in [0.5, 0.6) is 0 Å². The fourth-order valence-electron chi connectivity index (χ4n) is 7.64. The highest BCUT2D eigenvalue weighted by atomic mass is 16.5. The highest BCUT2D eigenvalue weighted by Gasteiger charge is 2.44. The molecule has 0 spiro atoms. The molecule has 5 heterocycles. The molecule has 0 amide bonds. The van der Waals surface area contributed by atoms with Crippen molar-refractivity contribution in [3.05, 3.63) is 68.8 Å².